The molecule has 0 saturated carbocycles. The highest BCUT2D eigenvalue weighted by atomic mass is 79.9. The molecule has 3 heteroatoms. The van der Waals surface area contributed by atoms with Crippen LogP contribution in [0.3, 0.4) is 0 Å². The van der Waals surface area contributed by atoms with Crippen LogP contribution in [0, 0.1) is 6.92 Å². The van der Waals surface area contributed by atoms with Crippen LogP contribution in [0.1, 0.15) is 31.0 Å². The van der Waals surface area contributed by atoms with Gasteiger partial charge < -0.3 is 0 Å². The lowest BCUT2D eigenvalue weighted by molar-refractivity contribution is 0.781. The Morgan fingerprint density at radius 2 is 2.07 bits per heavy atom. The lowest BCUT2D eigenvalue weighted by atomic mass is 10.1. The van der Waals surface area contributed by atoms with E-state index in [0.717, 1.165) is 15.8 Å². The summed E-state index contributed by atoms with van der Waals surface area (Å²) in [5.41, 5.74) is 3.48. The van der Waals surface area contributed by atoms with E-state index >= 15 is 0 Å². The predicted octanol–water partition coefficient (Wildman–Crippen LogP) is 3.53. The molecule has 2 aromatic rings. The van der Waals surface area contributed by atoms with Crippen molar-refractivity contribution in [2.24, 2.45) is 0 Å². The molecule has 0 atom stereocenters. The summed E-state index contributed by atoms with van der Waals surface area (Å²) < 4.78 is 2.99. The Morgan fingerprint density at radius 1 is 1.36 bits per heavy atom. The van der Waals surface area contributed by atoms with E-state index in [1.54, 1.807) is 0 Å². The summed E-state index contributed by atoms with van der Waals surface area (Å²) in [4.78, 5) is 0. The first-order valence-electron chi connectivity index (χ1n) is 4.74. The molecule has 2 nitrogen and oxygen atoms in total. The van der Waals surface area contributed by atoms with Gasteiger partial charge in [0.2, 0.25) is 0 Å². The second-order valence-electron chi connectivity index (χ2n) is 3.87. The molecule has 0 spiro atoms. The Bertz CT molecular complexity index is 471. The first kappa shape index (κ1) is 9.71. The van der Waals surface area contributed by atoms with Crippen molar-refractivity contribution >= 4 is 21.4 Å². The molecule has 0 aliphatic heterocycles. The van der Waals surface area contributed by atoms with Gasteiger partial charge in [0.1, 0.15) is 4.60 Å². The first-order chi connectivity index (χ1) is 6.59. The zero-order chi connectivity index (χ0) is 10.3. The summed E-state index contributed by atoms with van der Waals surface area (Å²) in [6.45, 7) is 6.38. The summed E-state index contributed by atoms with van der Waals surface area (Å²) >= 11 is 3.54. The molecule has 0 aliphatic carbocycles. The molecule has 14 heavy (non-hydrogen) atoms. The predicted molar refractivity (Wildman–Crippen MR) is 61.7 cm³/mol. The largest absolute Gasteiger partial charge is 0.226 e. The maximum Gasteiger partial charge on any atom is 0.111 e. The second kappa shape index (κ2) is 3.39. The molecular weight excluding hydrogens is 240 g/mol. The van der Waals surface area contributed by atoms with E-state index < -0.39 is 0 Å². The van der Waals surface area contributed by atoms with Crippen LogP contribution in [-0.2, 0) is 0 Å². The molecule has 2 heterocycles. The van der Waals surface area contributed by atoms with Crippen LogP contribution in [-0.4, -0.2) is 9.61 Å². The van der Waals surface area contributed by atoms with E-state index in [1.165, 1.54) is 5.56 Å². The number of pyridine rings is 1. The third kappa shape index (κ3) is 1.46. The molecule has 0 unspecified atom stereocenters. The Hall–Kier alpha value is -0.830. The Balaban J connectivity index is 2.71. The van der Waals surface area contributed by atoms with Crippen LogP contribution in [0.25, 0.3) is 5.52 Å². The van der Waals surface area contributed by atoms with E-state index in [0.29, 0.717) is 5.92 Å². The van der Waals surface area contributed by atoms with Gasteiger partial charge >= 0.3 is 0 Å². The van der Waals surface area contributed by atoms with Crippen molar-refractivity contribution in [3.05, 3.63) is 34.1 Å². The molecule has 2 rings (SSSR count). The molecule has 0 aromatic carbocycles. The zero-order valence-electron chi connectivity index (χ0n) is 8.58. The number of halogens is 1. The first-order valence-corrected chi connectivity index (χ1v) is 5.53. The van der Waals surface area contributed by atoms with Crippen LogP contribution >= 0.6 is 15.9 Å². The van der Waals surface area contributed by atoms with E-state index in [2.05, 4.69) is 60.0 Å². The van der Waals surface area contributed by atoms with Gasteiger partial charge in [-0.15, -0.1) is 0 Å². The molecule has 74 valence electrons. The summed E-state index contributed by atoms with van der Waals surface area (Å²) in [7, 11) is 0. The van der Waals surface area contributed by atoms with Gasteiger partial charge in [-0.2, -0.15) is 5.10 Å². The van der Waals surface area contributed by atoms with Crippen molar-refractivity contribution in [2.75, 3.05) is 0 Å². The number of aromatic nitrogens is 2. The fraction of sp³-hybridized carbons (Fsp3) is 0.364. The highest BCUT2D eigenvalue weighted by molar-refractivity contribution is 9.10. The van der Waals surface area contributed by atoms with Gasteiger partial charge in [0.15, 0.2) is 0 Å². The topological polar surface area (TPSA) is 17.3 Å². The number of rotatable bonds is 1. The van der Waals surface area contributed by atoms with Gasteiger partial charge in [0.05, 0.1) is 11.2 Å². The van der Waals surface area contributed by atoms with Crippen molar-refractivity contribution in [2.45, 2.75) is 26.7 Å². The molecule has 0 bridgehead atoms. The minimum Gasteiger partial charge on any atom is -0.226 e. The SMILES string of the molecule is Cc1ccc2cc(C(C)C)nn2c1Br. The Labute approximate surface area is 92.1 Å². The van der Waals surface area contributed by atoms with Crippen molar-refractivity contribution in [1.82, 2.24) is 9.61 Å². The summed E-state index contributed by atoms with van der Waals surface area (Å²) in [6.07, 6.45) is 0. The number of hydrogen-bond acceptors (Lipinski definition) is 1. The standard InChI is InChI=1S/C11H13BrN2/c1-7(2)10-6-9-5-4-8(3)11(12)14(9)13-10/h4-7H,1-3H3. The Morgan fingerprint density at radius 3 is 2.71 bits per heavy atom. The summed E-state index contributed by atoms with van der Waals surface area (Å²) in [6, 6.07) is 6.33. The normalized spacial score (nSPS) is 11.5. The van der Waals surface area contributed by atoms with Gasteiger partial charge in [-0.1, -0.05) is 19.9 Å². The van der Waals surface area contributed by atoms with Crippen LogP contribution < -0.4 is 0 Å². The van der Waals surface area contributed by atoms with Gasteiger partial charge in [0.25, 0.3) is 0 Å². The van der Waals surface area contributed by atoms with Crippen LogP contribution in [0.2, 0.25) is 0 Å². The second-order valence-corrected chi connectivity index (χ2v) is 4.62. The fourth-order valence-corrected chi connectivity index (χ4v) is 1.84. The Kier molecular flexibility index (Phi) is 2.35. The van der Waals surface area contributed by atoms with Crippen LogP contribution in [0.4, 0.5) is 0 Å². The average molecular weight is 253 g/mol. The lowest BCUT2D eigenvalue weighted by Gasteiger charge is -2.00. The quantitative estimate of drug-likeness (QED) is 0.710. The van der Waals surface area contributed by atoms with Gasteiger partial charge in [0, 0.05) is 0 Å². The number of fused-ring (bicyclic) bond motifs is 1. The van der Waals surface area contributed by atoms with Crippen molar-refractivity contribution in [3.8, 4) is 0 Å². The number of nitrogens with zero attached hydrogens (tertiary/aromatic N) is 2. The molecule has 0 radical (unpaired) electrons. The van der Waals surface area contributed by atoms with Gasteiger partial charge in [-0.05, 0) is 46.5 Å². The maximum atomic E-state index is 4.54. The third-order valence-corrected chi connectivity index (χ3v) is 3.32. The molecule has 0 aliphatic rings. The highest BCUT2D eigenvalue weighted by Gasteiger charge is 2.08. The van der Waals surface area contributed by atoms with E-state index in [9.17, 15) is 0 Å². The molecule has 0 saturated heterocycles. The number of aryl methyl sites for hydroxylation is 1. The fourth-order valence-electron chi connectivity index (χ4n) is 1.42. The monoisotopic (exact) mass is 252 g/mol. The van der Waals surface area contributed by atoms with Crippen molar-refractivity contribution in [1.29, 1.82) is 0 Å². The average Bonchev–Trinajstić information content (AvgIpc) is 2.56. The smallest absolute Gasteiger partial charge is 0.111 e. The van der Waals surface area contributed by atoms with E-state index in [4.69, 9.17) is 0 Å². The maximum absolute atomic E-state index is 4.54. The highest BCUT2D eigenvalue weighted by Crippen LogP contribution is 2.21. The molecule has 0 N–H and O–H groups in total. The summed E-state index contributed by atoms with van der Waals surface area (Å²) in [5, 5.41) is 4.54. The molecule has 0 amide bonds. The minimum atomic E-state index is 0.474. The molecular formula is C11H13BrN2. The molecule has 0 fully saturated rings. The number of hydrogen-bond donors (Lipinski definition) is 0. The zero-order valence-corrected chi connectivity index (χ0v) is 10.2. The van der Waals surface area contributed by atoms with Gasteiger partial charge in [-0.25, -0.2) is 4.52 Å². The molecule has 2 aromatic heterocycles. The van der Waals surface area contributed by atoms with Crippen LogP contribution in [0.15, 0.2) is 22.8 Å². The van der Waals surface area contributed by atoms with E-state index in [1.807, 2.05) is 4.52 Å². The van der Waals surface area contributed by atoms with Crippen molar-refractivity contribution in [3.63, 3.8) is 0 Å². The van der Waals surface area contributed by atoms with E-state index in [-0.39, 0.29) is 0 Å². The minimum absolute atomic E-state index is 0.474. The van der Waals surface area contributed by atoms with Crippen molar-refractivity contribution < 1.29 is 0 Å². The lowest BCUT2D eigenvalue weighted by Crippen LogP contribution is -1.94. The third-order valence-electron chi connectivity index (χ3n) is 2.36. The summed E-state index contributed by atoms with van der Waals surface area (Å²) in [5.74, 6) is 0.474. The van der Waals surface area contributed by atoms with Crippen LogP contribution in [0.5, 0.6) is 0 Å². The van der Waals surface area contributed by atoms with Gasteiger partial charge in [-0.3, -0.25) is 0 Å².